The van der Waals surface area contributed by atoms with E-state index in [1.165, 1.54) is 0 Å². The highest BCUT2D eigenvalue weighted by atomic mass is 16.3. The van der Waals surface area contributed by atoms with Crippen LogP contribution in [0, 0.1) is 6.92 Å². The Hall–Kier alpha value is -2.73. The van der Waals surface area contributed by atoms with E-state index in [1.807, 2.05) is 43.3 Å². The lowest BCUT2D eigenvalue weighted by Crippen LogP contribution is -2.37. The Morgan fingerprint density at radius 2 is 1.85 bits per heavy atom. The molecule has 1 aromatic heterocycles. The van der Waals surface area contributed by atoms with Crippen LogP contribution >= 0.6 is 0 Å². The van der Waals surface area contributed by atoms with Crippen molar-refractivity contribution in [1.29, 1.82) is 0 Å². The summed E-state index contributed by atoms with van der Waals surface area (Å²) >= 11 is 0. The van der Waals surface area contributed by atoms with Gasteiger partial charge in [-0.15, -0.1) is 10.2 Å². The van der Waals surface area contributed by atoms with Crippen molar-refractivity contribution in [3.05, 3.63) is 42.1 Å². The Bertz CT molecular complexity index is 944. The lowest BCUT2D eigenvalue weighted by molar-refractivity contribution is 0.116. The van der Waals surface area contributed by atoms with Gasteiger partial charge < -0.3 is 15.5 Å². The number of hydrogen-bond acceptors (Lipinski definition) is 6. The fraction of sp³-hybridized carbons (Fsp3) is 0.350. The Balaban J connectivity index is 1.65. The molecule has 134 valence electrons. The molecule has 0 spiro atoms. The summed E-state index contributed by atoms with van der Waals surface area (Å²) in [5.74, 6) is 0.600. The first kappa shape index (κ1) is 16.7. The predicted octanol–water partition coefficient (Wildman–Crippen LogP) is 3.42. The van der Waals surface area contributed by atoms with E-state index < -0.39 is 0 Å². The number of hydrogen-bond donors (Lipinski definition) is 3. The van der Waals surface area contributed by atoms with Crippen LogP contribution in [0.15, 0.2) is 36.4 Å². The molecular weight excluding hydrogens is 328 g/mol. The van der Waals surface area contributed by atoms with Gasteiger partial charge in [0.1, 0.15) is 11.4 Å². The van der Waals surface area contributed by atoms with Gasteiger partial charge in [-0.2, -0.15) is 0 Å². The molecule has 0 bridgehead atoms. The van der Waals surface area contributed by atoms with Crippen LogP contribution in [0.2, 0.25) is 0 Å². The summed E-state index contributed by atoms with van der Waals surface area (Å²) < 4.78 is 0. The quantitative estimate of drug-likeness (QED) is 0.670. The molecule has 0 radical (unpaired) electrons. The zero-order chi connectivity index (χ0) is 18.1. The van der Waals surface area contributed by atoms with E-state index in [0.29, 0.717) is 22.9 Å². The minimum absolute atomic E-state index is 0.0372. The molecule has 6 heteroatoms. The summed E-state index contributed by atoms with van der Waals surface area (Å²) in [6.07, 6.45) is 3.46. The standard InChI is InChI=1S/C20H22N4O2/c1-12-18(15-11-10-13-6-2-3-7-14(13)19(15)26)23-24-20(21-12)22-16-8-4-5-9-17(16)25/h2-3,6-7,10-11,16-17,25-26H,4-5,8-9H2,1H3,(H,21,22,24)/t16-,17-/m1/s1. The van der Waals surface area contributed by atoms with Crippen molar-refractivity contribution in [3.63, 3.8) is 0 Å². The number of aryl methyl sites for hydroxylation is 1. The van der Waals surface area contributed by atoms with E-state index in [9.17, 15) is 10.2 Å². The van der Waals surface area contributed by atoms with E-state index in [0.717, 1.165) is 36.5 Å². The fourth-order valence-electron chi connectivity index (χ4n) is 3.61. The minimum Gasteiger partial charge on any atom is -0.507 e. The number of phenols is 1. The van der Waals surface area contributed by atoms with Crippen molar-refractivity contribution in [2.75, 3.05) is 5.32 Å². The van der Waals surface area contributed by atoms with Gasteiger partial charge in [-0.1, -0.05) is 43.2 Å². The Morgan fingerprint density at radius 3 is 2.65 bits per heavy atom. The van der Waals surface area contributed by atoms with Crippen LogP contribution in [0.5, 0.6) is 5.75 Å². The average Bonchev–Trinajstić information content (AvgIpc) is 2.65. The normalized spacial score (nSPS) is 20.2. The lowest BCUT2D eigenvalue weighted by Gasteiger charge is -2.28. The second-order valence-corrected chi connectivity index (χ2v) is 6.85. The fourth-order valence-corrected chi connectivity index (χ4v) is 3.61. The number of anilines is 1. The largest absolute Gasteiger partial charge is 0.507 e. The van der Waals surface area contributed by atoms with Crippen LogP contribution in [-0.4, -0.2) is 37.5 Å². The summed E-state index contributed by atoms with van der Waals surface area (Å²) in [4.78, 5) is 4.49. The number of phenolic OH excluding ortho intramolecular Hbond substituents is 1. The molecule has 2 atom stereocenters. The highest BCUT2D eigenvalue weighted by molar-refractivity contribution is 5.94. The topological polar surface area (TPSA) is 91.2 Å². The van der Waals surface area contributed by atoms with Crippen molar-refractivity contribution in [2.24, 2.45) is 0 Å². The third-order valence-corrected chi connectivity index (χ3v) is 5.06. The monoisotopic (exact) mass is 350 g/mol. The Morgan fingerprint density at radius 1 is 1.04 bits per heavy atom. The molecule has 0 saturated heterocycles. The van der Waals surface area contributed by atoms with E-state index in [4.69, 9.17) is 0 Å². The number of rotatable bonds is 3. The van der Waals surface area contributed by atoms with Crippen molar-refractivity contribution in [3.8, 4) is 17.0 Å². The van der Waals surface area contributed by atoms with E-state index in [1.54, 1.807) is 0 Å². The van der Waals surface area contributed by atoms with Crippen LogP contribution in [0.25, 0.3) is 22.0 Å². The van der Waals surface area contributed by atoms with Gasteiger partial charge in [0.25, 0.3) is 0 Å². The maximum absolute atomic E-state index is 10.6. The molecule has 1 aliphatic rings. The van der Waals surface area contributed by atoms with Crippen molar-refractivity contribution >= 4 is 16.7 Å². The number of nitrogens with one attached hydrogen (secondary N) is 1. The van der Waals surface area contributed by atoms with Crippen LogP contribution in [0.1, 0.15) is 31.4 Å². The minimum atomic E-state index is -0.378. The average molecular weight is 350 g/mol. The number of aromatic nitrogens is 3. The number of aliphatic hydroxyl groups excluding tert-OH is 1. The van der Waals surface area contributed by atoms with Crippen LogP contribution in [-0.2, 0) is 0 Å². The molecule has 0 unspecified atom stereocenters. The number of aromatic hydroxyl groups is 1. The SMILES string of the molecule is Cc1nc(N[C@@H]2CCCC[C@H]2O)nnc1-c1ccc2ccccc2c1O. The maximum Gasteiger partial charge on any atom is 0.243 e. The molecule has 1 fully saturated rings. The number of aliphatic hydroxyl groups is 1. The molecule has 4 rings (SSSR count). The van der Waals surface area contributed by atoms with Crippen molar-refractivity contribution in [2.45, 2.75) is 44.8 Å². The third kappa shape index (κ3) is 3.08. The summed E-state index contributed by atoms with van der Waals surface area (Å²) in [5.41, 5.74) is 1.85. The summed E-state index contributed by atoms with van der Waals surface area (Å²) in [6.45, 7) is 1.85. The number of benzene rings is 2. The predicted molar refractivity (Wildman–Crippen MR) is 101 cm³/mol. The van der Waals surface area contributed by atoms with E-state index in [2.05, 4.69) is 20.5 Å². The van der Waals surface area contributed by atoms with Gasteiger partial charge in [0.05, 0.1) is 17.8 Å². The first-order chi connectivity index (χ1) is 12.6. The Kier molecular flexibility index (Phi) is 4.42. The molecule has 1 heterocycles. The first-order valence-electron chi connectivity index (χ1n) is 9.00. The molecular formula is C20H22N4O2. The van der Waals surface area contributed by atoms with Gasteiger partial charge >= 0.3 is 0 Å². The summed E-state index contributed by atoms with van der Waals surface area (Å²) in [5, 5.41) is 34.2. The molecule has 26 heavy (non-hydrogen) atoms. The smallest absolute Gasteiger partial charge is 0.243 e. The first-order valence-corrected chi connectivity index (χ1v) is 9.00. The van der Waals surface area contributed by atoms with Crippen molar-refractivity contribution < 1.29 is 10.2 Å². The molecule has 2 aromatic carbocycles. The summed E-state index contributed by atoms with van der Waals surface area (Å²) in [6, 6.07) is 11.4. The third-order valence-electron chi connectivity index (χ3n) is 5.06. The zero-order valence-electron chi connectivity index (χ0n) is 14.7. The Labute approximate surface area is 151 Å². The molecule has 3 aromatic rings. The second kappa shape index (κ2) is 6.88. The van der Waals surface area contributed by atoms with Crippen LogP contribution in [0.3, 0.4) is 0 Å². The molecule has 1 saturated carbocycles. The van der Waals surface area contributed by atoms with Crippen molar-refractivity contribution in [1.82, 2.24) is 15.2 Å². The van der Waals surface area contributed by atoms with Gasteiger partial charge in [0.2, 0.25) is 5.95 Å². The summed E-state index contributed by atoms with van der Waals surface area (Å²) in [7, 11) is 0. The molecule has 0 aliphatic heterocycles. The van der Waals surface area contributed by atoms with Gasteiger partial charge in [0, 0.05) is 10.9 Å². The highest BCUT2D eigenvalue weighted by Crippen LogP contribution is 2.35. The van der Waals surface area contributed by atoms with Crippen LogP contribution in [0.4, 0.5) is 5.95 Å². The van der Waals surface area contributed by atoms with Gasteiger partial charge in [-0.25, -0.2) is 4.98 Å². The van der Waals surface area contributed by atoms with Gasteiger partial charge in [-0.3, -0.25) is 0 Å². The van der Waals surface area contributed by atoms with Gasteiger partial charge in [-0.05, 0) is 31.2 Å². The lowest BCUT2D eigenvalue weighted by atomic mass is 9.93. The molecule has 1 aliphatic carbocycles. The number of nitrogens with zero attached hydrogens (tertiary/aromatic N) is 3. The number of fused-ring (bicyclic) bond motifs is 1. The molecule has 6 nitrogen and oxygen atoms in total. The van der Waals surface area contributed by atoms with E-state index in [-0.39, 0.29) is 17.9 Å². The second-order valence-electron chi connectivity index (χ2n) is 6.85. The molecule has 3 N–H and O–H groups in total. The zero-order valence-corrected chi connectivity index (χ0v) is 14.7. The molecule has 0 amide bonds. The maximum atomic E-state index is 10.6. The van der Waals surface area contributed by atoms with E-state index >= 15 is 0 Å². The van der Waals surface area contributed by atoms with Crippen LogP contribution < -0.4 is 5.32 Å². The van der Waals surface area contributed by atoms with Gasteiger partial charge in [0.15, 0.2) is 0 Å². The highest BCUT2D eigenvalue weighted by Gasteiger charge is 2.24.